The summed E-state index contributed by atoms with van der Waals surface area (Å²) in [4.78, 5) is 3.30. The van der Waals surface area contributed by atoms with E-state index in [2.05, 4.69) is 63.1 Å². The summed E-state index contributed by atoms with van der Waals surface area (Å²) in [6.07, 6.45) is 2.00. The van der Waals surface area contributed by atoms with E-state index in [1.165, 1.54) is 10.9 Å². The Morgan fingerprint density at radius 1 is 1.00 bits per heavy atom. The number of benzene rings is 2. The predicted molar refractivity (Wildman–Crippen MR) is 99.0 cm³/mol. The third kappa shape index (κ3) is 2.61. The van der Waals surface area contributed by atoms with Gasteiger partial charge in [-0.15, -0.1) is 10.2 Å². The molecule has 0 aliphatic rings. The Morgan fingerprint density at radius 3 is 2.58 bits per heavy atom. The van der Waals surface area contributed by atoms with Gasteiger partial charge in [0.15, 0.2) is 11.0 Å². The van der Waals surface area contributed by atoms with Crippen LogP contribution in [0.25, 0.3) is 22.3 Å². The van der Waals surface area contributed by atoms with Crippen molar-refractivity contribution in [3.63, 3.8) is 0 Å². The Hall–Kier alpha value is -2.53. The second-order valence-corrected chi connectivity index (χ2v) is 7.09. The molecule has 2 aromatic carbocycles. The van der Waals surface area contributed by atoms with Gasteiger partial charge in [0.1, 0.15) is 0 Å². The Balaban J connectivity index is 1.66. The molecule has 2 heterocycles. The lowest BCUT2D eigenvalue weighted by molar-refractivity contribution is 0.790. The normalized spacial score (nSPS) is 12.6. The molecule has 0 fully saturated rings. The highest BCUT2D eigenvalue weighted by molar-refractivity contribution is 7.99. The maximum atomic E-state index is 4.43. The number of H-pyrrole nitrogens is 1. The smallest absolute Gasteiger partial charge is 0.191 e. The molecule has 4 aromatic rings. The van der Waals surface area contributed by atoms with Crippen LogP contribution in [0.2, 0.25) is 0 Å². The molecule has 4 nitrogen and oxygen atoms in total. The highest BCUT2D eigenvalue weighted by Gasteiger charge is 2.17. The van der Waals surface area contributed by atoms with E-state index in [4.69, 9.17) is 0 Å². The Labute approximate surface area is 144 Å². The quantitative estimate of drug-likeness (QED) is 0.544. The molecule has 0 amide bonds. The van der Waals surface area contributed by atoms with Gasteiger partial charge in [-0.25, -0.2) is 0 Å². The van der Waals surface area contributed by atoms with Crippen LogP contribution < -0.4 is 0 Å². The van der Waals surface area contributed by atoms with Crippen LogP contribution in [0.4, 0.5) is 0 Å². The monoisotopic (exact) mass is 334 g/mol. The summed E-state index contributed by atoms with van der Waals surface area (Å²) < 4.78 is 2.07. The number of hydrogen-bond donors (Lipinski definition) is 1. The van der Waals surface area contributed by atoms with E-state index in [1.807, 2.05) is 31.4 Å². The average Bonchev–Trinajstić information content (AvgIpc) is 3.20. The molecule has 0 saturated carbocycles. The van der Waals surface area contributed by atoms with Crippen LogP contribution >= 0.6 is 11.8 Å². The molecular formula is C19H18N4S. The predicted octanol–water partition coefficient (Wildman–Crippen LogP) is 4.82. The molecule has 24 heavy (non-hydrogen) atoms. The highest BCUT2D eigenvalue weighted by Crippen LogP contribution is 2.35. The van der Waals surface area contributed by atoms with E-state index in [1.54, 1.807) is 11.8 Å². The van der Waals surface area contributed by atoms with E-state index >= 15 is 0 Å². The van der Waals surface area contributed by atoms with Crippen molar-refractivity contribution in [1.29, 1.82) is 0 Å². The molecule has 0 bridgehead atoms. The number of nitrogens with one attached hydrogen (secondary N) is 1. The minimum atomic E-state index is 0.324. The number of aromatic amines is 1. The van der Waals surface area contributed by atoms with Gasteiger partial charge in [-0.05, 0) is 18.6 Å². The molecule has 0 spiro atoms. The Bertz CT molecular complexity index is 971. The van der Waals surface area contributed by atoms with Gasteiger partial charge in [0, 0.05) is 35.0 Å². The van der Waals surface area contributed by atoms with E-state index in [9.17, 15) is 0 Å². The van der Waals surface area contributed by atoms with E-state index in [0.717, 1.165) is 22.1 Å². The minimum absolute atomic E-state index is 0.324. The highest BCUT2D eigenvalue weighted by atomic mass is 32.2. The zero-order valence-electron chi connectivity index (χ0n) is 13.6. The maximum Gasteiger partial charge on any atom is 0.191 e. The number of hydrogen-bond acceptors (Lipinski definition) is 3. The first-order valence-electron chi connectivity index (χ1n) is 7.91. The van der Waals surface area contributed by atoms with Gasteiger partial charge < -0.3 is 9.55 Å². The van der Waals surface area contributed by atoms with Gasteiger partial charge in [-0.2, -0.15) is 0 Å². The van der Waals surface area contributed by atoms with Crippen LogP contribution in [0.1, 0.15) is 17.7 Å². The Morgan fingerprint density at radius 2 is 1.75 bits per heavy atom. The summed E-state index contributed by atoms with van der Waals surface area (Å²) >= 11 is 1.73. The first-order valence-corrected chi connectivity index (χ1v) is 8.79. The van der Waals surface area contributed by atoms with Crippen molar-refractivity contribution in [1.82, 2.24) is 19.7 Å². The SMILES string of the molecule is C[C@H](Sc1nnc(-c2c[nH]c3ccccc23)n1C)c1ccccc1. The molecule has 120 valence electrons. The maximum absolute atomic E-state index is 4.43. The van der Waals surface area contributed by atoms with Crippen molar-refractivity contribution in [3.8, 4) is 11.4 Å². The van der Waals surface area contributed by atoms with Crippen molar-refractivity contribution < 1.29 is 0 Å². The lowest BCUT2D eigenvalue weighted by Crippen LogP contribution is -1.96. The molecule has 1 N–H and O–H groups in total. The van der Waals surface area contributed by atoms with Crippen LogP contribution in [-0.4, -0.2) is 19.7 Å². The van der Waals surface area contributed by atoms with Crippen LogP contribution in [0.15, 0.2) is 66.0 Å². The van der Waals surface area contributed by atoms with Crippen molar-refractivity contribution in [2.24, 2.45) is 7.05 Å². The summed E-state index contributed by atoms with van der Waals surface area (Å²) in [7, 11) is 2.02. The number of para-hydroxylation sites is 1. The van der Waals surface area contributed by atoms with Gasteiger partial charge in [-0.1, -0.05) is 60.3 Å². The number of nitrogens with zero attached hydrogens (tertiary/aromatic N) is 3. The number of rotatable bonds is 4. The fourth-order valence-electron chi connectivity index (χ4n) is 2.86. The first-order chi connectivity index (χ1) is 11.7. The molecule has 0 aliphatic heterocycles. The number of thioether (sulfide) groups is 1. The summed E-state index contributed by atoms with van der Waals surface area (Å²) in [6, 6.07) is 18.7. The summed E-state index contributed by atoms with van der Waals surface area (Å²) in [6.45, 7) is 2.19. The fraction of sp³-hybridized carbons (Fsp3) is 0.158. The largest absolute Gasteiger partial charge is 0.360 e. The summed E-state index contributed by atoms with van der Waals surface area (Å²) in [5.41, 5.74) is 3.49. The van der Waals surface area contributed by atoms with Crippen LogP contribution in [0.5, 0.6) is 0 Å². The fourth-order valence-corrected chi connectivity index (χ4v) is 3.80. The molecule has 4 rings (SSSR count). The topological polar surface area (TPSA) is 46.5 Å². The Kier molecular flexibility index (Phi) is 3.86. The molecule has 0 saturated heterocycles. The van der Waals surface area contributed by atoms with E-state index < -0.39 is 0 Å². The average molecular weight is 334 g/mol. The van der Waals surface area contributed by atoms with E-state index in [-0.39, 0.29) is 0 Å². The van der Waals surface area contributed by atoms with Crippen molar-refractivity contribution in [3.05, 3.63) is 66.4 Å². The first kappa shape index (κ1) is 15.0. The van der Waals surface area contributed by atoms with Gasteiger partial charge >= 0.3 is 0 Å². The van der Waals surface area contributed by atoms with E-state index in [0.29, 0.717) is 5.25 Å². The third-order valence-electron chi connectivity index (χ3n) is 4.22. The minimum Gasteiger partial charge on any atom is -0.360 e. The molecular weight excluding hydrogens is 316 g/mol. The molecule has 0 aliphatic carbocycles. The summed E-state index contributed by atoms with van der Waals surface area (Å²) in [5, 5.41) is 11.2. The van der Waals surface area contributed by atoms with Gasteiger partial charge in [-0.3, -0.25) is 0 Å². The van der Waals surface area contributed by atoms with Crippen LogP contribution in [0, 0.1) is 0 Å². The second-order valence-electron chi connectivity index (χ2n) is 5.78. The van der Waals surface area contributed by atoms with Gasteiger partial charge in [0.2, 0.25) is 0 Å². The van der Waals surface area contributed by atoms with Gasteiger partial charge in [0.05, 0.1) is 0 Å². The molecule has 2 aromatic heterocycles. The second kappa shape index (κ2) is 6.17. The molecule has 5 heteroatoms. The van der Waals surface area contributed by atoms with Crippen LogP contribution in [-0.2, 0) is 7.05 Å². The third-order valence-corrected chi connectivity index (χ3v) is 5.41. The molecule has 1 atom stereocenters. The van der Waals surface area contributed by atoms with Crippen molar-refractivity contribution >= 4 is 22.7 Å². The van der Waals surface area contributed by atoms with Crippen LogP contribution in [0.3, 0.4) is 0 Å². The lowest BCUT2D eigenvalue weighted by Gasteiger charge is -2.10. The molecule has 0 unspecified atom stereocenters. The van der Waals surface area contributed by atoms with Gasteiger partial charge in [0.25, 0.3) is 0 Å². The van der Waals surface area contributed by atoms with Crippen molar-refractivity contribution in [2.75, 3.05) is 0 Å². The number of aromatic nitrogens is 4. The number of fused-ring (bicyclic) bond motifs is 1. The standard InChI is InChI=1S/C19H18N4S/c1-13(14-8-4-3-5-9-14)24-19-22-21-18(23(19)2)16-12-20-17-11-7-6-10-15(16)17/h3-13,20H,1-2H3/t13-/m0/s1. The zero-order valence-corrected chi connectivity index (χ0v) is 14.4. The molecule has 0 radical (unpaired) electrons. The lowest BCUT2D eigenvalue weighted by atomic mass is 10.1. The summed E-state index contributed by atoms with van der Waals surface area (Å²) in [5.74, 6) is 0.884. The zero-order chi connectivity index (χ0) is 16.5. The van der Waals surface area contributed by atoms with Crippen molar-refractivity contribution in [2.45, 2.75) is 17.3 Å².